The van der Waals surface area contributed by atoms with E-state index in [9.17, 15) is 0 Å². The Kier molecular flexibility index (Phi) is 4.04. The Morgan fingerprint density at radius 1 is 1.06 bits per heavy atom. The predicted molar refractivity (Wildman–Crippen MR) is 117 cm³/mol. The van der Waals surface area contributed by atoms with Gasteiger partial charge in [0, 0.05) is 28.6 Å². The number of hydrogen-bond donors (Lipinski definition) is 1. The lowest BCUT2D eigenvalue weighted by atomic mass is 9.85. The van der Waals surface area contributed by atoms with Gasteiger partial charge in [-0.25, -0.2) is 0 Å². The zero-order chi connectivity index (χ0) is 20.9. The Labute approximate surface area is 183 Å². The molecule has 0 fully saturated rings. The molecule has 6 rings (SSSR count). The first-order valence-electron chi connectivity index (χ1n) is 9.91. The minimum absolute atomic E-state index is 0.284. The van der Waals surface area contributed by atoms with Gasteiger partial charge in [0.05, 0.1) is 5.70 Å². The first-order chi connectivity index (χ1) is 15.2. The van der Waals surface area contributed by atoms with Gasteiger partial charge in [-0.05, 0) is 52.7 Å². The minimum Gasteiger partial charge on any atom is -0.480 e. The largest absolute Gasteiger partial charge is 0.480 e. The second-order valence-corrected chi connectivity index (χ2v) is 8.08. The van der Waals surface area contributed by atoms with E-state index >= 15 is 0 Å². The van der Waals surface area contributed by atoms with Crippen molar-refractivity contribution < 1.29 is 4.74 Å². The summed E-state index contributed by atoms with van der Waals surface area (Å²) in [6.07, 6.45) is 3.26. The normalized spacial score (nSPS) is 19.0. The van der Waals surface area contributed by atoms with E-state index in [1.54, 1.807) is 10.9 Å². The van der Waals surface area contributed by atoms with Crippen molar-refractivity contribution in [2.45, 2.75) is 19.1 Å². The number of benzene rings is 2. The average Bonchev–Trinajstić information content (AvgIpc) is 3.27. The second-order valence-electron chi connectivity index (χ2n) is 7.64. The SMILES string of the molecule is Cc1ccc([C@H]2Oc3ccc(Cl)cc3C3=C2[C@H](c2cccnc2)n2nnnc2N3)cc1. The molecule has 2 atom stereocenters. The van der Waals surface area contributed by atoms with Gasteiger partial charge in [0.15, 0.2) is 0 Å². The highest BCUT2D eigenvalue weighted by Crippen LogP contribution is 2.50. The number of hydrogen-bond acceptors (Lipinski definition) is 6. The summed E-state index contributed by atoms with van der Waals surface area (Å²) in [5, 5.41) is 16.4. The number of halogens is 1. The highest BCUT2D eigenvalue weighted by Gasteiger charge is 2.41. The van der Waals surface area contributed by atoms with Crippen LogP contribution in [0.4, 0.5) is 5.95 Å². The van der Waals surface area contributed by atoms with Gasteiger partial charge in [-0.15, -0.1) is 0 Å². The molecule has 0 aliphatic carbocycles. The molecule has 0 bridgehead atoms. The summed E-state index contributed by atoms with van der Waals surface area (Å²) in [6.45, 7) is 2.07. The average molecular weight is 429 g/mol. The van der Waals surface area contributed by atoms with Gasteiger partial charge in [0.2, 0.25) is 5.95 Å². The van der Waals surface area contributed by atoms with Crippen LogP contribution in [0, 0.1) is 6.92 Å². The third kappa shape index (κ3) is 2.89. The topological polar surface area (TPSA) is 77.8 Å². The lowest BCUT2D eigenvalue weighted by Gasteiger charge is -2.38. The van der Waals surface area contributed by atoms with Crippen LogP contribution in [0.5, 0.6) is 5.75 Å². The van der Waals surface area contributed by atoms with Gasteiger partial charge in [-0.3, -0.25) is 4.98 Å². The number of nitrogens with zero attached hydrogens (tertiary/aromatic N) is 5. The van der Waals surface area contributed by atoms with Crippen LogP contribution in [0.25, 0.3) is 5.70 Å². The van der Waals surface area contributed by atoms with Crippen molar-refractivity contribution in [1.82, 2.24) is 25.2 Å². The van der Waals surface area contributed by atoms with Crippen molar-refractivity contribution in [2.24, 2.45) is 0 Å². The van der Waals surface area contributed by atoms with Crippen LogP contribution in [0.3, 0.4) is 0 Å². The summed E-state index contributed by atoms with van der Waals surface area (Å²) in [7, 11) is 0. The maximum atomic E-state index is 6.57. The number of rotatable bonds is 2. The molecule has 1 N–H and O–H groups in total. The van der Waals surface area contributed by atoms with E-state index in [1.807, 2.05) is 36.5 Å². The highest BCUT2D eigenvalue weighted by atomic mass is 35.5. The number of aromatic nitrogens is 5. The van der Waals surface area contributed by atoms with Gasteiger partial charge in [-0.1, -0.05) is 52.6 Å². The number of aryl methyl sites for hydroxylation is 1. The monoisotopic (exact) mass is 428 g/mol. The zero-order valence-electron chi connectivity index (χ0n) is 16.5. The summed E-state index contributed by atoms with van der Waals surface area (Å²) >= 11 is 6.35. The fourth-order valence-electron chi connectivity index (χ4n) is 4.24. The number of pyridine rings is 1. The van der Waals surface area contributed by atoms with E-state index in [1.165, 1.54) is 5.56 Å². The van der Waals surface area contributed by atoms with Gasteiger partial charge in [-0.2, -0.15) is 4.68 Å². The van der Waals surface area contributed by atoms with E-state index < -0.39 is 0 Å². The second kappa shape index (κ2) is 6.92. The molecule has 4 aromatic rings. The molecule has 0 saturated carbocycles. The van der Waals surface area contributed by atoms with Crippen LogP contribution in [-0.2, 0) is 0 Å². The molecule has 0 amide bonds. The number of tetrazole rings is 1. The molecule has 31 heavy (non-hydrogen) atoms. The smallest absolute Gasteiger partial charge is 0.248 e. The van der Waals surface area contributed by atoms with Crippen molar-refractivity contribution in [3.8, 4) is 5.75 Å². The zero-order valence-corrected chi connectivity index (χ0v) is 17.3. The molecule has 8 heteroatoms. The predicted octanol–water partition coefficient (Wildman–Crippen LogP) is 4.59. The summed E-state index contributed by atoms with van der Waals surface area (Å²) in [5.74, 6) is 1.31. The Morgan fingerprint density at radius 2 is 1.94 bits per heavy atom. The minimum atomic E-state index is -0.334. The molecule has 2 aliphatic heterocycles. The molecule has 2 aromatic carbocycles. The molecular formula is C23H17ClN6O. The molecule has 0 unspecified atom stereocenters. The quantitative estimate of drug-likeness (QED) is 0.503. The highest BCUT2D eigenvalue weighted by molar-refractivity contribution is 6.30. The van der Waals surface area contributed by atoms with Gasteiger partial charge in [0.25, 0.3) is 0 Å². The van der Waals surface area contributed by atoms with Crippen LogP contribution < -0.4 is 10.1 Å². The van der Waals surface area contributed by atoms with Crippen molar-refractivity contribution in [3.05, 3.63) is 99.8 Å². The summed E-state index contributed by atoms with van der Waals surface area (Å²) in [4.78, 5) is 4.34. The Hall–Kier alpha value is -3.71. The molecular weight excluding hydrogens is 412 g/mol. The fraction of sp³-hybridized carbons (Fsp3) is 0.130. The number of ether oxygens (including phenoxy) is 1. The maximum Gasteiger partial charge on any atom is 0.248 e. The van der Waals surface area contributed by atoms with Crippen LogP contribution in [0.15, 0.2) is 72.6 Å². The third-order valence-electron chi connectivity index (χ3n) is 5.68. The number of nitrogens with one attached hydrogen (secondary N) is 1. The van der Waals surface area contributed by atoms with Crippen LogP contribution >= 0.6 is 11.6 Å². The Balaban J connectivity index is 1.64. The summed E-state index contributed by atoms with van der Waals surface area (Å²) in [6, 6.07) is 17.7. The Bertz CT molecular complexity index is 1320. The van der Waals surface area contributed by atoms with Gasteiger partial charge >= 0.3 is 0 Å². The lowest BCUT2D eigenvalue weighted by molar-refractivity contribution is 0.222. The van der Waals surface area contributed by atoms with Crippen LogP contribution in [0.1, 0.15) is 34.4 Å². The molecule has 2 aromatic heterocycles. The lowest BCUT2D eigenvalue weighted by Crippen LogP contribution is -2.32. The van der Waals surface area contributed by atoms with Crippen LogP contribution in [-0.4, -0.2) is 25.2 Å². The van der Waals surface area contributed by atoms with E-state index in [2.05, 4.69) is 57.0 Å². The maximum absolute atomic E-state index is 6.57. The van der Waals surface area contributed by atoms with Crippen molar-refractivity contribution in [3.63, 3.8) is 0 Å². The van der Waals surface area contributed by atoms with Gasteiger partial charge in [0.1, 0.15) is 17.9 Å². The third-order valence-corrected chi connectivity index (χ3v) is 5.91. The molecule has 152 valence electrons. The number of anilines is 1. The van der Waals surface area contributed by atoms with Crippen LogP contribution in [0.2, 0.25) is 5.02 Å². The molecule has 2 aliphatic rings. The summed E-state index contributed by atoms with van der Waals surface area (Å²) < 4.78 is 8.34. The van der Waals surface area contributed by atoms with E-state index in [0.29, 0.717) is 11.0 Å². The van der Waals surface area contributed by atoms with Crippen molar-refractivity contribution in [1.29, 1.82) is 0 Å². The molecule has 0 spiro atoms. The van der Waals surface area contributed by atoms with E-state index in [0.717, 1.165) is 33.7 Å². The fourth-order valence-corrected chi connectivity index (χ4v) is 4.41. The van der Waals surface area contributed by atoms with E-state index in [-0.39, 0.29) is 12.1 Å². The van der Waals surface area contributed by atoms with Crippen molar-refractivity contribution >= 4 is 23.2 Å². The standard InChI is InChI=1S/C23H17ClN6O/c1-13-4-6-14(7-5-13)22-19-20(17-11-16(24)8-9-18(17)31-22)26-23-27-28-29-30(23)21(19)15-3-2-10-25-12-15/h2-12,21-22H,1H3,(H,26,27,29)/t21-,22+/m0/s1. The summed E-state index contributed by atoms with van der Waals surface area (Å²) in [5.41, 5.74) is 6.00. The Morgan fingerprint density at radius 3 is 2.74 bits per heavy atom. The molecule has 0 radical (unpaired) electrons. The van der Waals surface area contributed by atoms with Gasteiger partial charge < -0.3 is 10.1 Å². The molecule has 4 heterocycles. The van der Waals surface area contributed by atoms with Crippen molar-refractivity contribution in [2.75, 3.05) is 5.32 Å². The first-order valence-corrected chi connectivity index (χ1v) is 10.3. The molecule has 7 nitrogen and oxygen atoms in total. The molecule has 0 saturated heterocycles. The van der Waals surface area contributed by atoms with E-state index in [4.69, 9.17) is 16.3 Å². The number of fused-ring (bicyclic) bond motifs is 3. The first kappa shape index (κ1) is 18.1.